The zero-order valence-electron chi connectivity index (χ0n) is 12.0. The summed E-state index contributed by atoms with van der Waals surface area (Å²) in [6.07, 6.45) is -2.89. The van der Waals surface area contributed by atoms with Crippen LogP contribution in [0.25, 0.3) is 6.08 Å². The van der Waals surface area contributed by atoms with E-state index in [1.54, 1.807) is 0 Å². The molecule has 0 aromatic heterocycles. The lowest BCUT2D eigenvalue weighted by molar-refractivity contribution is -0.186. The fourth-order valence-electron chi connectivity index (χ4n) is 2.60. The molecule has 1 amide bonds. The maximum Gasteiger partial charge on any atom is 0.391 e. The van der Waals surface area contributed by atoms with Gasteiger partial charge in [0.1, 0.15) is 5.82 Å². The average molecular weight is 315 g/mol. The zero-order valence-corrected chi connectivity index (χ0v) is 12.0. The number of benzene rings is 1. The Kier molecular flexibility index (Phi) is 4.88. The molecule has 0 atom stereocenters. The van der Waals surface area contributed by atoms with Gasteiger partial charge in [0, 0.05) is 18.7 Å². The number of hydrogen-bond donors (Lipinski definition) is 0. The predicted octanol–water partition coefficient (Wildman–Crippen LogP) is 3.81. The number of piperidine rings is 1. The van der Waals surface area contributed by atoms with E-state index < -0.39 is 17.9 Å². The normalized spacial score (nSPS) is 16.6. The van der Waals surface area contributed by atoms with Gasteiger partial charge in [-0.05, 0) is 30.5 Å². The molecular formula is C16H17F4NO. The molecule has 1 aromatic rings. The van der Waals surface area contributed by atoms with Crippen molar-refractivity contribution in [2.24, 2.45) is 5.92 Å². The smallest absolute Gasteiger partial charge is 0.342 e. The molecule has 22 heavy (non-hydrogen) atoms. The van der Waals surface area contributed by atoms with Crippen LogP contribution >= 0.6 is 0 Å². The van der Waals surface area contributed by atoms with Crippen LogP contribution in [0.1, 0.15) is 24.0 Å². The van der Waals surface area contributed by atoms with Crippen LogP contribution in [0.4, 0.5) is 17.6 Å². The molecule has 6 heteroatoms. The van der Waals surface area contributed by atoms with Crippen molar-refractivity contribution >= 4 is 12.0 Å². The van der Waals surface area contributed by atoms with Crippen LogP contribution < -0.4 is 0 Å². The first-order chi connectivity index (χ1) is 10.3. The van der Waals surface area contributed by atoms with E-state index in [2.05, 4.69) is 6.58 Å². The van der Waals surface area contributed by atoms with Crippen molar-refractivity contribution in [3.63, 3.8) is 0 Å². The Labute approximate surface area is 126 Å². The molecule has 1 heterocycles. The summed E-state index contributed by atoms with van der Waals surface area (Å²) in [7, 11) is 0. The second-order valence-corrected chi connectivity index (χ2v) is 5.43. The highest BCUT2D eigenvalue weighted by atomic mass is 19.4. The number of nitrogens with zero attached hydrogens (tertiary/aromatic N) is 1. The van der Waals surface area contributed by atoms with Crippen LogP contribution in [-0.2, 0) is 11.2 Å². The van der Waals surface area contributed by atoms with E-state index in [-0.39, 0.29) is 38.3 Å². The Bertz CT molecular complexity index is 560. The topological polar surface area (TPSA) is 20.3 Å². The van der Waals surface area contributed by atoms with Crippen LogP contribution in [-0.4, -0.2) is 30.1 Å². The van der Waals surface area contributed by atoms with Gasteiger partial charge < -0.3 is 4.90 Å². The van der Waals surface area contributed by atoms with Crippen molar-refractivity contribution in [2.75, 3.05) is 13.1 Å². The maximum atomic E-state index is 13.3. The molecule has 120 valence electrons. The monoisotopic (exact) mass is 315 g/mol. The van der Waals surface area contributed by atoms with Gasteiger partial charge in [-0.2, -0.15) is 13.2 Å². The Hall–Kier alpha value is -1.85. The minimum atomic E-state index is -4.19. The van der Waals surface area contributed by atoms with Crippen LogP contribution in [0.5, 0.6) is 0 Å². The summed E-state index contributed by atoms with van der Waals surface area (Å²) in [6, 6.07) is 4.29. The molecule has 0 unspecified atom stereocenters. The number of hydrogen-bond acceptors (Lipinski definition) is 1. The highest BCUT2D eigenvalue weighted by molar-refractivity contribution is 5.79. The van der Waals surface area contributed by atoms with Crippen LogP contribution in [0.2, 0.25) is 0 Å². The Morgan fingerprint density at radius 3 is 2.50 bits per heavy atom. The molecule has 1 aliphatic heterocycles. The van der Waals surface area contributed by atoms with E-state index >= 15 is 0 Å². The third kappa shape index (κ3) is 3.87. The average Bonchev–Trinajstić information content (AvgIpc) is 2.48. The van der Waals surface area contributed by atoms with E-state index in [1.165, 1.54) is 29.2 Å². The second-order valence-electron chi connectivity index (χ2n) is 5.43. The third-order valence-electron chi connectivity index (χ3n) is 3.95. The second kappa shape index (κ2) is 6.50. The molecular weight excluding hydrogens is 298 g/mol. The first kappa shape index (κ1) is 16.5. The van der Waals surface area contributed by atoms with Crippen molar-refractivity contribution in [3.05, 3.63) is 41.7 Å². The summed E-state index contributed by atoms with van der Waals surface area (Å²) in [6.45, 7) is 3.71. The molecule has 2 rings (SSSR count). The lowest BCUT2D eigenvalue weighted by atomic mass is 9.96. The molecule has 1 saturated heterocycles. The predicted molar refractivity (Wildman–Crippen MR) is 75.6 cm³/mol. The van der Waals surface area contributed by atoms with Gasteiger partial charge in [0.05, 0.1) is 12.3 Å². The van der Waals surface area contributed by atoms with E-state index in [1.807, 2.05) is 0 Å². The summed E-state index contributed by atoms with van der Waals surface area (Å²) < 4.78 is 51.1. The molecule has 0 radical (unpaired) electrons. The van der Waals surface area contributed by atoms with Crippen LogP contribution in [0.15, 0.2) is 24.8 Å². The third-order valence-corrected chi connectivity index (χ3v) is 3.95. The SMILES string of the molecule is C=Cc1cc(CC(=O)N2CCC(C(F)(F)F)CC2)ccc1F. The van der Waals surface area contributed by atoms with Gasteiger partial charge in [-0.3, -0.25) is 4.79 Å². The van der Waals surface area contributed by atoms with Crippen molar-refractivity contribution in [2.45, 2.75) is 25.4 Å². The van der Waals surface area contributed by atoms with Gasteiger partial charge in [0.2, 0.25) is 5.91 Å². The minimum absolute atomic E-state index is 0.0534. The summed E-state index contributed by atoms with van der Waals surface area (Å²) >= 11 is 0. The lowest BCUT2D eigenvalue weighted by Crippen LogP contribution is -2.42. The Morgan fingerprint density at radius 2 is 1.95 bits per heavy atom. The van der Waals surface area contributed by atoms with Crippen molar-refractivity contribution in [3.8, 4) is 0 Å². The highest BCUT2D eigenvalue weighted by Gasteiger charge is 2.41. The first-order valence-electron chi connectivity index (χ1n) is 7.06. The summed E-state index contributed by atoms with van der Waals surface area (Å²) in [5.41, 5.74) is 0.931. The standard InChI is InChI=1S/C16H17F4NO/c1-2-12-9-11(3-4-14(12)17)10-15(22)21-7-5-13(6-8-21)16(18,19)20/h2-4,9,13H,1,5-8,10H2. The molecule has 0 N–H and O–H groups in total. The number of likely N-dealkylation sites (tertiary alicyclic amines) is 1. The van der Waals surface area contributed by atoms with Gasteiger partial charge in [0.25, 0.3) is 0 Å². The molecule has 1 aliphatic rings. The first-order valence-corrected chi connectivity index (χ1v) is 7.06. The van der Waals surface area contributed by atoms with Crippen molar-refractivity contribution in [1.82, 2.24) is 4.90 Å². The maximum absolute atomic E-state index is 13.3. The number of carbonyl (C=O) groups is 1. The number of rotatable bonds is 3. The number of amides is 1. The van der Waals surface area contributed by atoms with E-state index in [4.69, 9.17) is 0 Å². The quantitative estimate of drug-likeness (QED) is 0.777. The van der Waals surface area contributed by atoms with E-state index in [9.17, 15) is 22.4 Å². The molecule has 0 bridgehead atoms. The van der Waals surface area contributed by atoms with Crippen LogP contribution in [0.3, 0.4) is 0 Å². The van der Waals surface area contributed by atoms with Gasteiger partial charge in [0.15, 0.2) is 0 Å². The van der Waals surface area contributed by atoms with Crippen LogP contribution in [0, 0.1) is 11.7 Å². The van der Waals surface area contributed by atoms with Gasteiger partial charge in [-0.15, -0.1) is 0 Å². The summed E-state index contributed by atoms with van der Waals surface area (Å²) in [5.74, 6) is -1.98. The van der Waals surface area contributed by atoms with Gasteiger partial charge in [-0.25, -0.2) is 4.39 Å². The minimum Gasteiger partial charge on any atom is -0.342 e. The lowest BCUT2D eigenvalue weighted by Gasteiger charge is -2.33. The summed E-state index contributed by atoms with van der Waals surface area (Å²) in [4.78, 5) is 13.6. The summed E-state index contributed by atoms with van der Waals surface area (Å²) in [5, 5.41) is 0. The molecule has 0 aliphatic carbocycles. The van der Waals surface area contributed by atoms with Gasteiger partial charge in [-0.1, -0.05) is 18.7 Å². The number of alkyl halides is 3. The zero-order chi connectivity index (χ0) is 16.3. The number of carbonyl (C=O) groups excluding carboxylic acids is 1. The molecule has 0 spiro atoms. The largest absolute Gasteiger partial charge is 0.391 e. The van der Waals surface area contributed by atoms with E-state index in [0.29, 0.717) is 11.1 Å². The number of halogens is 4. The molecule has 1 fully saturated rings. The molecule has 2 nitrogen and oxygen atoms in total. The van der Waals surface area contributed by atoms with E-state index in [0.717, 1.165) is 0 Å². The molecule has 0 saturated carbocycles. The fraction of sp³-hybridized carbons (Fsp3) is 0.438. The fourth-order valence-corrected chi connectivity index (χ4v) is 2.60. The van der Waals surface area contributed by atoms with Crippen molar-refractivity contribution in [1.29, 1.82) is 0 Å². The Morgan fingerprint density at radius 1 is 1.32 bits per heavy atom. The van der Waals surface area contributed by atoms with Crippen molar-refractivity contribution < 1.29 is 22.4 Å². The molecule has 1 aromatic carbocycles. The highest BCUT2D eigenvalue weighted by Crippen LogP contribution is 2.34. The van der Waals surface area contributed by atoms with Gasteiger partial charge >= 0.3 is 6.18 Å². The Balaban J connectivity index is 1.95.